The highest BCUT2D eigenvalue weighted by Crippen LogP contribution is 2.58. The van der Waals surface area contributed by atoms with Crippen LogP contribution in [0.4, 0.5) is 0 Å². The van der Waals surface area contributed by atoms with Crippen molar-refractivity contribution < 1.29 is 0 Å². The highest BCUT2D eigenvalue weighted by atomic mass is 32.1. The van der Waals surface area contributed by atoms with Crippen LogP contribution >= 0.6 is 11.3 Å². The van der Waals surface area contributed by atoms with Crippen LogP contribution in [0.2, 0.25) is 0 Å². The van der Waals surface area contributed by atoms with E-state index in [0.717, 1.165) is 21.9 Å². The van der Waals surface area contributed by atoms with Crippen LogP contribution < -0.4 is 0 Å². The predicted molar refractivity (Wildman–Crippen MR) is 240 cm³/mol. The Balaban J connectivity index is 1.14. The van der Waals surface area contributed by atoms with E-state index in [-0.39, 0.29) is 11.8 Å². The van der Waals surface area contributed by atoms with Crippen LogP contribution in [-0.2, 0) is 0 Å². The first-order chi connectivity index (χ1) is 28.2. The van der Waals surface area contributed by atoms with Crippen LogP contribution in [0.25, 0.3) is 103 Å². The van der Waals surface area contributed by atoms with E-state index in [1.54, 1.807) is 11.3 Å². The van der Waals surface area contributed by atoms with E-state index < -0.39 is 0 Å². The number of para-hydroxylation sites is 2. The van der Waals surface area contributed by atoms with Crippen molar-refractivity contribution in [2.75, 3.05) is 0 Å². The Morgan fingerprint density at radius 2 is 1.14 bits per heavy atom. The number of hydrogen-bond acceptors (Lipinski definition) is 3. The molecule has 0 N–H and O–H groups in total. The van der Waals surface area contributed by atoms with E-state index in [1.807, 2.05) is 0 Å². The van der Waals surface area contributed by atoms with Gasteiger partial charge in [0.05, 0.1) is 22.2 Å². The van der Waals surface area contributed by atoms with Gasteiger partial charge in [-0.05, 0) is 74.3 Å². The summed E-state index contributed by atoms with van der Waals surface area (Å²) in [7, 11) is 0. The molecule has 4 heteroatoms. The second-order valence-electron chi connectivity index (χ2n) is 15.7. The average Bonchev–Trinajstić information content (AvgIpc) is 3.93. The summed E-state index contributed by atoms with van der Waals surface area (Å²) >= 11 is 1.78. The van der Waals surface area contributed by atoms with Crippen molar-refractivity contribution in [2.24, 2.45) is 0 Å². The zero-order chi connectivity index (χ0) is 37.4. The molecule has 0 fully saturated rings. The Hall–Kier alpha value is -6.88. The van der Waals surface area contributed by atoms with Gasteiger partial charge in [0.1, 0.15) is 4.83 Å². The lowest BCUT2D eigenvalue weighted by Crippen LogP contribution is -2.19. The summed E-state index contributed by atoms with van der Waals surface area (Å²) in [5.41, 5.74) is 13.8. The van der Waals surface area contributed by atoms with Crippen LogP contribution in [0.5, 0.6) is 0 Å². The van der Waals surface area contributed by atoms with Gasteiger partial charge in [0.2, 0.25) is 0 Å². The Morgan fingerprint density at radius 3 is 1.96 bits per heavy atom. The molecule has 0 saturated carbocycles. The second-order valence-corrected chi connectivity index (χ2v) is 16.7. The van der Waals surface area contributed by atoms with Crippen molar-refractivity contribution in [1.82, 2.24) is 14.4 Å². The van der Waals surface area contributed by atoms with Crippen molar-refractivity contribution >= 4 is 80.5 Å². The molecule has 4 aromatic heterocycles. The van der Waals surface area contributed by atoms with Gasteiger partial charge in [-0.25, -0.2) is 9.97 Å². The monoisotopic (exact) mass is 743 g/mol. The van der Waals surface area contributed by atoms with Crippen molar-refractivity contribution in [3.05, 3.63) is 187 Å². The Kier molecular flexibility index (Phi) is 6.36. The van der Waals surface area contributed by atoms with Gasteiger partial charge < -0.3 is 4.40 Å². The summed E-state index contributed by atoms with van der Waals surface area (Å²) in [6, 6.07) is 62.3. The zero-order valence-corrected chi connectivity index (χ0v) is 31.9. The molecule has 0 spiro atoms. The third-order valence-electron chi connectivity index (χ3n) is 12.8. The first-order valence-electron chi connectivity index (χ1n) is 19.8. The molecule has 13 rings (SSSR count). The number of benzene rings is 8. The van der Waals surface area contributed by atoms with Crippen molar-refractivity contribution in [2.45, 2.75) is 18.8 Å². The molecule has 1 aliphatic rings. The first kappa shape index (κ1) is 31.3. The number of fused-ring (bicyclic) bond motifs is 15. The fourth-order valence-electron chi connectivity index (χ4n) is 10.3. The third kappa shape index (κ3) is 4.25. The maximum absolute atomic E-state index is 5.70. The van der Waals surface area contributed by atoms with Gasteiger partial charge in [-0.1, -0.05) is 153 Å². The second kappa shape index (κ2) is 11.6. The average molecular weight is 744 g/mol. The molecule has 3 nitrogen and oxygen atoms in total. The minimum Gasteiger partial charge on any atom is -0.308 e. The third-order valence-corrected chi connectivity index (χ3v) is 13.8. The van der Waals surface area contributed by atoms with Crippen LogP contribution in [-0.4, -0.2) is 14.4 Å². The molecule has 0 amide bonds. The van der Waals surface area contributed by atoms with E-state index in [9.17, 15) is 0 Å². The largest absolute Gasteiger partial charge is 0.308 e. The lowest BCUT2D eigenvalue weighted by atomic mass is 9.68. The number of thiophene rings is 1. The zero-order valence-electron chi connectivity index (χ0n) is 31.1. The minimum absolute atomic E-state index is 0.0161. The predicted octanol–water partition coefficient (Wildman–Crippen LogP) is 14.4. The standard InChI is InChI=1S/C53H33N3S/c1-30-40-29-41-36-17-7-10-20-42(36)56-43-21-11-8-18-37(43)48(51(41)56)47(40)46-35-16-6-5-15-33(35)27-28-39(46)45(30)50-49-38-19-9-12-22-44(38)57-53(49)55-52(54-50)34-25-23-32(24-26-34)31-13-3-2-4-14-31/h2-30,45H,1H3. The smallest absolute Gasteiger partial charge is 0.161 e. The quantitative estimate of drug-likeness (QED) is 0.180. The topological polar surface area (TPSA) is 30.2 Å². The van der Waals surface area contributed by atoms with Gasteiger partial charge in [-0.2, -0.15) is 0 Å². The molecule has 0 aliphatic heterocycles. The molecule has 57 heavy (non-hydrogen) atoms. The van der Waals surface area contributed by atoms with Crippen LogP contribution in [0.15, 0.2) is 170 Å². The van der Waals surface area contributed by atoms with Crippen molar-refractivity contribution in [3.8, 4) is 33.6 Å². The van der Waals surface area contributed by atoms with Gasteiger partial charge in [-0.3, -0.25) is 0 Å². The van der Waals surface area contributed by atoms with E-state index in [4.69, 9.17) is 9.97 Å². The van der Waals surface area contributed by atoms with E-state index in [2.05, 4.69) is 181 Å². The highest BCUT2D eigenvalue weighted by molar-refractivity contribution is 7.25. The summed E-state index contributed by atoms with van der Waals surface area (Å²) < 4.78 is 3.75. The van der Waals surface area contributed by atoms with Gasteiger partial charge in [0.25, 0.3) is 0 Å². The lowest BCUT2D eigenvalue weighted by molar-refractivity contribution is 0.641. The molecule has 0 radical (unpaired) electrons. The summed E-state index contributed by atoms with van der Waals surface area (Å²) in [5.74, 6) is 0.877. The highest BCUT2D eigenvalue weighted by Gasteiger charge is 2.38. The Bertz CT molecular complexity index is 3600. The van der Waals surface area contributed by atoms with Crippen LogP contribution in [0.1, 0.15) is 35.6 Å². The van der Waals surface area contributed by atoms with Gasteiger partial charge in [0.15, 0.2) is 5.82 Å². The molecule has 1 aliphatic carbocycles. The SMILES string of the molecule is CC1c2cc3c4ccccc4n4c5ccccc5c(c2-c2c(ccc5ccccc25)C1c1nc(-c2ccc(-c5ccccc5)cc2)nc2sc5ccccc5c12)c34. The fourth-order valence-corrected chi connectivity index (χ4v) is 11.4. The lowest BCUT2D eigenvalue weighted by Gasteiger charge is -2.35. The van der Waals surface area contributed by atoms with Gasteiger partial charge in [0, 0.05) is 48.5 Å². The Labute approximate surface area is 332 Å². The Morgan fingerprint density at radius 1 is 0.491 bits per heavy atom. The van der Waals surface area contributed by atoms with Crippen molar-refractivity contribution in [1.29, 1.82) is 0 Å². The molecule has 266 valence electrons. The molecule has 0 bridgehead atoms. The first-order valence-corrected chi connectivity index (χ1v) is 20.6. The van der Waals surface area contributed by atoms with E-state index in [1.165, 1.54) is 97.7 Å². The molecule has 2 unspecified atom stereocenters. The summed E-state index contributed by atoms with van der Waals surface area (Å²) in [6.45, 7) is 2.44. The summed E-state index contributed by atoms with van der Waals surface area (Å²) in [6.07, 6.45) is 0. The number of aromatic nitrogens is 3. The maximum atomic E-state index is 5.70. The van der Waals surface area contributed by atoms with E-state index >= 15 is 0 Å². The molecule has 8 aromatic carbocycles. The van der Waals surface area contributed by atoms with E-state index in [0.29, 0.717) is 0 Å². The van der Waals surface area contributed by atoms with Gasteiger partial charge >= 0.3 is 0 Å². The molecule has 0 saturated heterocycles. The maximum Gasteiger partial charge on any atom is 0.161 e. The number of hydrogen-bond donors (Lipinski definition) is 0. The summed E-state index contributed by atoms with van der Waals surface area (Å²) in [4.78, 5) is 12.1. The minimum atomic E-state index is -0.0161. The number of nitrogens with zero attached hydrogens (tertiary/aromatic N) is 3. The number of rotatable bonds is 3. The van der Waals surface area contributed by atoms with Crippen LogP contribution in [0.3, 0.4) is 0 Å². The van der Waals surface area contributed by atoms with Crippen LogP contribution in [0, 0.1) is 0 Å². The molecule has 12 aromatic rings. The van der Waals surface area contributed by atoms with Crippen molar-refractivity contribution in [3.63, 3.8) is 0 Å². The van der Waals surface area contributed by atoms with Gasteiger partial charge in [-0.15, -0.1) is 11.3 Å². The molecule has 4 heterocycles. The molecule has 2 atom stereocenters. The normalized spacial score (nSPS) is 15.5. The molecular formula is C53H33N3S. The summed E-state index contributed by atoms with van der Waals surface area (Å²) in [5, 5.41) is 10.2. The molecular weight excluding hydrogens is 711 g/mol. The fraction of sp³-hybridized carbons (Fsp3) is 0.0566.